The van der Waals surface area contributed by atoms with Crippen LogP contribution in [0.5, 0.6) is 0 Å². The van der Waals surface area contributed by atoms with Gasteiger partial charge in [0.2, 0.25) is 0 Å². The summed E-state index contributed by atoms with van der Waals surface area (Å²) in [5.41, 5.74) is 2.27. The van der Waals surface area contributed by atoms with Crippen LogP contribution in [0, 0.1) is 13.8 Å². The quantitative estimate of drug-likeness (QED) is 0.753. The molecule has 15 heavy (non-hydrogen) atoms. The van der Waals surface area contributed by atoms with Crippen molar-refractivity contribution in [3.8, 4) is 0 Å². The summed E-state index contributed by atoms with van der Waals surface area (Å²) >= 11 is 0. The van der Waals surface area contributed by atoms with Gasteiger partial charge in [-0.1, -0.05) is 0 Å². The fraction of sp³-hybridized carbons (Fsp3) is 0.583. The molecule has 0 radical (unpaired) electrons. The van der Waals surface area contributed by atoms with Crippen LogP contribution in [0.3, 0.4) is 0 Å². The molecule has 2 rings (SSSR count). The zero-order chi connectivity index (χ0) is 10.8. The van der Waals surface area contributed by atoms with Gasteiger partial charge in [0.05, 0.1) is 0 Å². The molecule has 1 aliphatic rings. The number of hydrogen-bond donors (Lipinski definition) is 1. The number of rotatable bonds is 1. The van der Waals surface area contributed by atoms with Gasteiger partial charge < -0.3 is 9.88 Å². The minimum atomic E-state index is 0.116. The summed E-state index contributed by atoms with van der Waals surface area (Å²) in [5, 5.41) is 3.40. The van der Waals surface area contributed by atoms with E-state index in [9.17, 15) is 4.79 Å². The third-order valence-corrected chi connectivity index (χ3v) is 3.10. The van der Waals surface area contributed by atoms with Gasteiger partial charge in [0, 0.05) is 36.1 Å². The second-order valence-corrected chi connectivity index (χ2v) is 4.34. The van der Waals surface area contributed by atoms with E-state index in [1.54, 1.807) is 12.1 Å². The van der Waals surface area contributed by atoms with E-state index in [1.165, 1.54) is 12.8 Å². The molecule has 1 unspecified atom stereocenters. The monoisotopic (exact) mass is 206 g/mol. The highest BCUT2D eigenvalue weighted by Gasteiger charge is 2.16. The molecular formula is C12H18N2O. The summed E-state index contributed by atoms with van der Waals surface area (Å²) in [6, 6.07) is 3.96. The molecule has 1 saturated heterocycles. The number of aryl methyl sites for hydroxylation is 2. The Morgan fingerprint density at radius 1 is 1.33 bits per heavy atom. The molecule has 82 valence electrons. The van der Waals surface area contributed by atoms with Crippen molar-refractivity contribution in [3.05, 3.63) is 33.7 Å². The lowest BCUT2D eigenvalue weighted by Crippen LogP contribution is -2.33. The summed E-state index contributed by atoms with van der Waals surface area (Å²) in [7, 11) is 0. The molecule has 1 aromatic heterocycles. The Kier molecular flexibility index (Phi) is 2.91. The molecule has 0 aromatic carbocycles. The Balaban J connectivity index is 2.38. The van der Waals surface area contributed by atoms with Crippen LogP contribution in [0.4, 0.5) is 0 Å². The zero-order valence-electron chi connectivity index (χ0n) is 9.42. The van der Waals surface area contributed by atoms with Crippen molar-refractivity contribution in [2.24, 2.45) is 0 Å². The van der Waals surface area contributed by atoms with Crippen molar-refractivity contribution < 1.29 is 0 Å². The van der Waals surface area contributed by atoms with E-state index in [-0.39, 0.29) is 5.43 Å². The van der Waals surface area contributed by atoms with Crippen LogP contribution in [-0.2, 0) is 0 Å². The fourth-order valence-electron chi connectivity index (χ4n) is 2.50. The van der Waals surface area contributed by atoms with Crippen LogP contribution in [-0.4, -0.2) is 17.7 Å². The van der Waals surface area contributed by atoms with Crippen molar-refractivity contribution in [3.63, 3.8) is 0 Å². The molecule has 2 heterocycles. The standard InChI is InChI=1S/C12H18N2O/c1-9-6-12(15)7-10(2)14(9)11-4-3-5-13-8-11/h6-7,11,13H,3-5,8H2,1-2H3. The first-order valence-corrected chi connectivity index (χ1v) is 5.59. The Bertz CT molecular complexity index is 376. The van der Waals surface area contributed by atoms with Crippen LogP contribution in [0.15, 0.2) is 16.9 Å². The molecule has 1 aliphatic heterocycles. The highest BCUT2D eigenvalue weighted by molar-refractivity contribution is 5.14. The Morgan fingerprint density at radius 3 is 2.53 bits per heavy atom. The van der Waals surface area contributed by atoms with E-state index in [0.717, 1.165) is 24.5 Å². The third-order valence-electron chi connectivity index (χ3n) is 3.10. The Labute approximate surface area is 90.1 Å². The van der Waals surface area contributed by atoms with Gasteiger partial charge in [0.25, 0.3) is 0 Å². The highest BCUT2D eigenvalue weighted by Crippen LogP contribution is 2.19. The Morgan fingerprint density at radius 2 is 2.00 bits per heavy atom. The topological polar surface area (TPSA) is 34.0 Å². The van der Waals surface area contributed by atoms with Gasteiger partial charge in [0.1, 0.15) is 0 Å². The lowest BCUT2D eigenvalue weighted by atomic mass is 10.1. The maximum Gasteiger partial charge on any atom is 0.182 e. The maximum atomic E-state index is 11.3. The second-order valence-electron chi connectivity index (χ2n) is 4.34. The predicted octanol–water partition coefficient (Wildman–Crippen LogP) is 1.39. The number of nitrogens with zero attached hydrogens (tertiary/aromatic N) is 1. The summed E-state index contributed by atoms with van der Waals surface area (Å²) < 4.78 is 2.29. The molecule has 0 bridgehead atoms. The van der Waals surface area contributed by atoms with Gasteiger partial charge in [-0.3, -0.25) is 4.79 Å². The minimum absolute atomic E-state index is 0.116. The van der Waals surface area contributed by atoms with Crippen LogP contribution in [0.1, 0.15) is 30.3 Å². The van der Waals surface area contributed by atoms with Gasteiger partial charge in [0.15, 0.2) is 5.43 Å². The van der Waals surface area contributed by atoms with Crippen LogP contribution in [0.25, 0.3) is 0 Å². The first-order valence-electron chi connectivity index (χ1n) is 5.59. The molecule has 1 aromatic rings. The summed E-state index contributed by atoms with van der Waals surface area (Å²) in [4.78, 5) is 11.3. The lowest BCUT2D eigenvalue weighted by molar-refractivity contribution is 0.360. The predicted molar refractivity (Wildman–Crippen MR) is 61.3 cm³/mol. The van der Waals surface area contributed by atoms with E-state index in [2.05, 4.69) is 9.88 Å². The van der Waals surface area contributed by atoms with Crippen LogP contribution >= 0.6 is 0 Å². The summed E-state index contributed by atoms with van der Waals surface area (Å²) in [5.74, 6) is 0. The Hall–Kier alpha value is -1.09. The normalized spacial score (nSPS) is 21.6. The number of nitrogens with one attached hydrogen (secondary N) is 1. The van der Waals surface area contributed by atoms with E-state index >= 15 is 0 Å². The maximum absolute atomic E-state index is 11.3. The zero-order valence-corrected chi connectivity index (χ0v) is 9.42. The van der Waals surface area contributed by atoms with Gasteiger partial charge in [-0.05, 0) is 33.2 Å². The molecule has 3 nitrogen and oxygen atoms in total. The first kappa shape index (κ1) is 10.4. The van der Waals surface area contributed by atoms with E-state index in [1.807, 2.05) is 13.8 Å². The molecule has 1 fully saturated rings. The van der Waals surface area contributed by atoms with Crippen molar-refractivity contribution in [2.45, 2.75) is 32.7 Å². The number of pyridine rings is 1. The molecule has 1 atom stereocenters. The van der Waals surface area contributed by atoms with E-state index in [4.69, 9.17) is 0 Å². The van der Waals surface area contributed by atoms with Crippen LogP contribution < -0.4 is 10.7 Å². The number of aromatic nitrogens is 1. The lowest BCUT2D eigenvalue weighted by Gasteiger charge is -2.29. The fourth-order valence-corrected chi connectivity index (χ4v) is 2.50. The summed E-state index contributed by atoms with van der Waals surface area (Å²) in [6.07, 6.45) is 2.42. The van der Waals surface area contributed by atoms with E-state index in [0.29, 0.717) is 6.04 Å². The SMILES string of the molecule is Cc1cc(=O)cc(C)n1C1CCCNC1. The van der Waals surface area contributed by atoms with Gasteiger partial charge in [-0.25, -0.2) is 0 Å². The molecule has 0 aliphatic carbocycles. The van der Waals surface area contributed by atoms with E-state index < -0.39 is 0 Å². The summed E-state index contributed by atoms with van der Waals surface area (Å²) in [6.45, 7) is 6.17. The largest absolute Gasteiger partial charge is 0.345 e. The van der Waals surface area contributed by atoms with Crippen molar-refractivity contribution in [1.29, 1.82) is 0 Å². The molecule has 0 amide bonds. The van der Waals surface area contributed by atoms with Crippen LogP contribution in [0.2, 0.25) is 0 Å². The molecule has 1 N–H and O–H groups in total. The second kappa shape index (κ2) is 4.19. The van der Waals surface area contributed by atoms with Gasteiger partial charge >= 0.3 is 0 Å². The molecule has 0 spiro atoms. The number of hydrogen-bond acceptors (Lipinski definition) is 2. The highest BCUT2D eigenvalue weighted by atomic mass is 16.1. The minimum Gasteiger partial charge on any atom is -0.345 e. The van der Waals surface area contributed by atoms with Crippen molar-refractivity contribution >= 4 is 0 Å². The average molecular weight is 206 g/mol. The van der Waals surface area contributed by atoms with Gasteiger partial charge in [-0.15, -0.1) is 0 Å². The third kappa shape index (κ3) is 2.12. The smallest absolute Gasteiger partial charge is 0.182 e. The van der Waals surface area contributed by atoms with Crippen molar-refractivity contribution in [1.82, 2.24) is 9.88 Å². The van der Waals surface area contributed by atoms with Gasteiger partial charge in [-0.2, -0.15) is 0 Å². The number of piperidine rings is 1. The average Bonchev–Trinajstić information content (AvgIpc) is 2.17. The molecule has 0 saturated carbocycles. The van der Waals surface area contributed by atoms with Crippen molar-refractivity contribution in [2.75, 3.05) is 13.1 Å². The molecule has 3 heteroatoms. The first-order chi connectivity index (χ1) is 7.18. The molecular weight excluding hydrogens is 188 g/mol.